The van der Waals surface area contributed by atoms with Crippen LogP contribution in [0.25, 0.3) is 0 Å². The van der Waals surface area contributed by atoms with Crippen LogP contribution in [0.2, 0.25) is 0 Å². The van der Waals surface area contributed by atoms with Crippen molar-refractivity contribution in [3.05, 3.63) is 84.6 Å². The van der Waals surface area contributed by atoms with E-state index in [1.807, 2.05) is 25.1 Å². The van der Waals surface area contributed by atoms with Gasteiger partial charge in [-0.2, -0.15) is 0 Å². The van der Waals surface area contributed by atoms with E-state index in [9.17, 15) is 13.2 Å². The normalized spacial score (nSPS) is 11.1. The molecule has 0 atom stereocenters. The Balaban J connectivity index is 1.68. The molecule has 0 unspecified atom stereocenters. The first-order chi connectivity index (χ1) is 14.5. The molecule has 0 aliphatic rings. The number of carbonyl (C=O) groups excluding carboxylic acids is 1. The molecule has 8 heteroatoms. The average molecular weight is 442 g/mol. The molecule has 0 aliphatic carbocycles. The Labute approximate surface area is 181 Å². The lowest BCUT2D eigenvalue weighted by molar-refractivity contribution is -0.119. The minimum absolute atomic E-state index is 0.149. The highest BCUT2D eigenvalue weighted by atomic mass is 32.2. The topological polar surface area (TPSA) is 79.4 Å². The van der Waals surface area contributed by atoms with Crippen LogP contribution in [0.1, 0.15) is 5.56 Å². The minimum Gasteiger partial charge on any atom is -0.354 e. The molecule has 30 heavy (non-hydrogen) atoms. The second kappa shape index (κ2) is 10.3. The first-order valence-electron chi connectivity index (χ1n) is 9.42. The molecule has 0 spiro atoms. The Hall–Kier alpha value is -2.84. The first kappa shape index (κ1) is 21.9. The Morgan fingerprint density at radius 1 is 1.00 bits per heavy atom. The summed E-state index contributed by atoms with van der Waals surface area (Å²) in [5.74, 6) is 0.273. The average Bonchev–Trinajstić information content (AvgIpc) is 2.76. The molecule has 0 aliphatic heterocycles. The molecule has 2 aromatic carbocycles. The van der Waals surface area contributed by atoms with Gasteiger partial charge in [0.1, 0.15) is 6.54 Å². The van der Waals surface area contributed by atoms with Crippen LogP contribution in [0, 0.1) is 6.92 Å². The van der Waals surface area contributed by atoms with Crippen LogP contribution in [0.15, 0.2) is 88.9 Å². The van der Waals surface area contributed by atoms with E-state index in [0.717, 1.165) is 14.9 Å². The summed E-state index contributed by atoms with van der Waals surface area (Å²) in [5.41, 5.74) is 1.40. The van der Waals surface area contributed by atoms with Crippen LogP contribution in [0.3, 0.4) is 0 Å². The van der Waals surface area contributed by atoms with Gasteiger partial charge in [-0.25, -0.2) is 13.4 Å². The number of sulfonamides is 1. The van der Waals surface area contributed by atoms with Crippen molar-refractivity contribution in [3.8, 4) is 0 Å². The molecule has 0 saturated carbocycles. The number of carbonyl (C=O) groups is 1. The number of aromatic nitrogens is 1. The van der Waals surface area contributed by atoms with Gasteiger partial charge in [0.05, 0.1) is 15.6 Å². The molecule has 0 radical (unpaired) electrons. The van der Waals surface area contributed by atoms with E-state index in [-0.39, 0.29) is 17.3 Å². The van der Waals surface area contributed by atoms with Crippen molar-refractivity contribution >= 4 is 33.4 Å². The van der Waals surface area contributed by atoms with Crippen LogP contribution >= 0.6 is 11.8 Å². The molecule has 3 aromatic rings. The van der Waals surface area contributed by atoms with E-state index in [1.165, 1.54) is 11.8 Å². The number of hydrogen-bond donors (Lipinski definition) is 1. The number of anilines is 1. The van der Waals surface area contributed by atoms with Gasteiger partial charge in [-0.1, -0.05) is 42.0 Å². The zero-order valence-corrected chi connectivity index (χ0v) is 18.2. The summed E-state index contributed by atoms with van der Waals surface area (Å²) in [6, 6.07) is 20.9. The number of aryl methyl sites for hydroxylation is 1. The Kier molecular flexibility index (Phi) is 7.48. The maximum Gasteiger partial charge on any atom is 0.264 e. The molecule has 3 rings (SSSR count). The number of nitrogens with zero attached hydrogens (tertiary/aromatic N) is 2. The SMILES string of the molecule is Cc1ccc(S(=O)(=O)N(CC(=O)NCCSc2ccccn2)c2ccccc2)cc1. The smallest absolute Gasteiger partial charge is 0.264 e. The second-order valence-electron chi connectivity index (χ2n) is 6.53. The lowest BCUT2D eigenvalue weighted by Crippen LogP contribution is -2.41. The van der Waals surface area contributed by atoms with E-state index in [2.05, 4.69) is 10.3 Å². The number of rotatable bonds is 9. The third-order valence-electron chi connectivity index (χ3n) is 4.25. The molecule has 1 amide bonds. The number of para-hydroxylation sites is 1. The summed E-state index contributed by atoms with van der Waals surface area (Å²) in [6.45, 7) is 2.00. The Morgan fingerprint density at radius 2 is 1.70 bits per heavy atom. The van der Waals surface area contributed by atoms with Crippen LogP contribution < -0.4 is 9.62 Å². The third kappa shape index (κ3) is 5.84. The van der Waals surface area contributed by atoms with Crippen molar-refractivity contribution in [2.75, 3.05) is 23.1 Å². The number of pyridine rings is 1. The zero-order chi connectivity index (χ0) is 21.4. The molecule has 0 bridgehead atoms. The molecule has 0 saturated heterocycles. The number of nitrogens with one attached hydrogen (secondary N) is 1. The number of hydrogen-bond acceptors (Lipinski definition) is 5. The van der Waals surface area contributed by atoms with Crippen LogP contribution in [-0.4, -0.2) is 38.2 Å². The van der Waals surface area contributed by atoms with Gasteiger partial charge in [-0.15, -0.1) is 11.8 Å². The van der Waals surface area contributed by atoms with E-state index in [1.54, 1.807) is 60.8 Å². The lowest BCUT2D eigenvalue weighted by Gasteiger charge is -2.24. The van der Waals surface area contributed by atoms with Gasteiger partial charge in [0.15, 0.2) is 0 Å². The van der Waals surface area contributed by atoms with Crippen molar-refractivity contribution in [1.29, 1.82) is 0 Å². The maximum absolute atomic E-state index is 13.2. The predicted octanol–water partition coefficient (Wildman–Crippen LogP) is 3.49. The monoisotopic (exact) mass is 441 g/mol. The summed E-state index contributed by atoms with van der Waals surface area (Å²) in [7, 11) is -3.88. The highest BCUT2D eigenvalue weighted by Crippen LogP contribution is 2.23. The molecular formula is C22H23N3O3S2. The number of thioether (sulfide) groups is 1. The number of amides is 1. The van der Waals surface area contributed by atoms with Crippen molar-refractivity contribution in [3.63, 3.8) is 0 Å². The van der Waals surface area contributed by atoms with Gasteiger partial charge in [0.25, 0.3) is 10.0 Å². The molecule has 156 valence electrons. The van der Waals surface area contributed by atoms with Gasteiger partial charge in [-0.05, 0) is 43.3 Å². The highest BCUT2D eigenvalue weighted by Gasteiger charge is 2.26. The van der Waals surface area contributed by atoms with Gasteiger partial charge in [-0.3, -0.25) is 9.10 Å². The van der Waals surface area contributed by atoms with Gasteiger partial charge in [0.2, 0.25) is 5.91 Å². The molecule has 1 N–H and O–H groups in total. The van der Waals surface area contributed by atoms with Gasteiger partial charge >= 0.3 is 0 Å². The molecule has 0 fully saturated rings. The molecule has 1 heterocycles. The van der Waals surface area contributed by atoms with Crippen molar-refractivity contribution in [2.45, 2.75) is 16.8 Å². The largest absolute Gasteiger partial charge is 0.354 e. The highest BCUT2D eigenvalue weighted by molar-refractivity contribution is 7.99. The number of benzene rings is 2. The first-order valence-corrected chi connectivity index (χ1v) is 11.8. The van der Waals surface area contributed by atoms with Gasteiger partial charge in [0, 0.05) is 18.5 Å². The zero-order valence-electron chi connectivity index (χ0n) is 16.6. The minimum atomic E-state index is -3.88. The summed E-state index contributed by atoms with van der Waals surface area (Å²) >= 11 is 1.52. The quantitative estimate of drug-likeness (QED) is 0.406. The maximum atomic E-state index is 13.2. The standard InChI is InChI=1S/C22H23N3O3S2/c1-18-10-12-20(13-11-18)30(27,28)25(19-7-3-2-4-8-19)17-21(26)23-15-16-29-22-9-5-6-14-24-22/h2-14H,15-17H2,1H3,(H,23,26). The fourth-order valence-electron chi connectivity index (χ4n) is 2.71. The fraction of sp³-hybridized carbons (Fsp3) is 0.182. The Bertz CT molecular complexity index is 1060. The predicted molar refractivity (Wildman–Crippen MR) is 120 cm³/mol. The van der Waals surface area contributed by atoms with Crippen LogP contribution in [0.4, 0.5) is 5.69 Å². The second-order valence-corrected chi connectivity index (χ2v) is 9.50. The summed E-state index contributed by atoms with van der Waals surface area (Å²) < 4.78 is 27.6. The lowest BCUT2D eigenvalue weighted by atomic mass is 10.2. The molecular weight excluding hydrogens is 418 g/mol. The van der Waals surface area contributed by atoms with Crippen molar-refractivity contribution in [1.82, 2.24) is 10.3 Å². The Morgan fingerprint density at radius 3 is 2.37 bits per heavy atom. The van der Waals surface area contributed by atoms with Crippen molar-refractivity contribution < 1.29 is 13.2 Å². The molecule has 6 nitrogen and oxygen atoms in total. The summed E-state index contributed by atoms with van der Waals surface area (Å²) in [5, 5.41) is 3.67. The van der Waals surface area contributed by atoms with Gasteiger partial charge < -0.3 is 5.32 Å². The fourth-order valence-corrected chi connectivity index (χ4v) is 4.86. The van der Waals surface area contributed by atoms with E-state index < -0.39 is 10.0 Å². The van der Waals surface area contributed by atoms with Crippen molar-refractivity contribution in [2.24, 2.45) is 0 Å². The van der Waals surface area contributed by atoms with E-state index in [0.29, 0.717) is 18.0 Å². The van der Waals surface area contributed by atoms with E-state index in [4.69, 9.17) is 0 Å². The van der Waals surface area contributed by atoms with Crippen LogP contribution in [-0.2, 0) is 14.8 Å². The molecule has 1 aromatic heterocycles. The van der Waals surface area contributed by atoms with Crippen LogP contribution in [0.5, 0.6) is 0 Å². The third-order valence-corrected chi connectivity index (χ3v) is 6.99. The summed E-state index contributed by atoms with van der Waals surface area (Å²) in [4.78, 5) is 16.9. The summed E-state index contributed by atoms with van der Waals surface area (Å²) in [6.07, 6.45) is 1.72. The van der Waals surface area contributed by atoms with E-state index >= 15 is 0 Å².